The molecule has 0 spiro atoms. The summed E-state index contributed by atoms with van der Waals surface area (Å²) in [4.78, 5) is 41.4. The number of hydrogen-bond acceptors (Lipinski definition) is 5. The Hall–Kier alpha value is -5.12. The standard InChI is InChI=1S/C38H36F3N3O4/c39-38(40,41)24-42-37(47)33-28-17-6-5-16-27(28)32-30(23-25(13-9-12-22-45)35(34(32)33)44-20-10-2-11-21-44)43-36(46)29-18-7-8-19-31(29)48-26-14-3-1-4-15-26/h1,3-8,14-19,22-23,33H,2,9-13,20-21,24H2,(H,42,47)(H,43,46). The second-order valence-corrected chi connectivity index (χ2v) is 12.0. The molecule has 7 nitrogen and oxygen atoms in total. The van der Waals surface area contributed by atoms with Crippen molar-refractivity contribution in [1.29, 1.82) is 0 Å². The molecule has 4 aromatic carbocycles. The van der Waals surface area contributed by atoms with Crippen molar-refractivity contribution >= 4 is 29.5 Å². The van der Waals surface area contributed by atoms with Crippen molar-refractivity contribution in [2.24, 2.45) is 0 Å². The van der Waals surface area contributed by atoms with Crippen molar-refractivity contribution in [1.82, 2.24) is 5.32 Å². The van der Waals surface area contributed by atoms with Gasteiger partial charge in [0.1, 0.15) is 24.3 Å². The molecule has 248 valence electrons. The Morgan fingerprint density at radius 3 is 2.38 bits per heavy atom. The summed E-state index contributed by atoms with van der Waals surface area (Å²) in [5, 5.41) is 5.22. The third-order valence-electron chi connectivity index (χ3n) is 8.76. The Morgan fingerprint density at radius 1 is 0.917 bits per heavy atom. The number of piperidine rings is 1. The molecule has 1 heterocycles. The summed E-state index contributed by atoms with van der Waals surface area (Å²) < 4.78 is 46.1. The summed E-state index contributed by atoms with van der Waals surface area (Å²) in [6, 6.07) is 25.0. The van der Waals surface area contributed by atoms with Gasteiger partial charge in [0.25, 0.3) is 5.91 Å². The van der Waals surface area contributed by atoms with Crippen molar-refractivity contribution < 1.29 is 32.3 Å². The number of amides is 2. The van der Waals surface area contributed by atoms with Crippen LogP contribution in [0.25, 0.3) is 11.1 Å². The second kappa shape index (κ2) is 14.3. The van der Waals surface area contributed by atoms with Gasteiger partial charge in [-0.3, -0.25) is 9.59 Å². The number of fused-ring (bicyclic) bond motifs is 3. The molecular weight excluding hydrogens is 619 g/mol. The van der Waals surface area contributed by atoms with Gasteiger partial charge < -0.3 is 25.1 Å². The molecule has 0 bridgehead atoms. The van der Waals surface area contributed by atoms with Crippen LogP contribution in [-0.2, 0) is 16.0 Å². The number of hydrogen-bond donors (Lipinski definition) is 2. The lowest BCUT2D eigenvalue weighted by atomic mass is 9.89. The number of ether oxygens (including phenoxy) is 1. The molecule has 10 heteroatoms. The van der Waals surface area contributed by atoms with Gasteiger partial charge in [0.05, 0.1) is 11.5 Å². The lowest BCUT2D eigenvalue weighted by molar-refractivity contribution is -0.138. The zero-order valence-corrected chi connectivity index (χ0v) is 26.3. The minimum Gasteiger partial charge on any atom is -0.457 e. The lowest BCUT2D eigenvalue weighted by Gasteiger charge is -2.34. The van der Waals surface area contributed by atoms with Gasteiger partial charge in [-0.1, -0.05) is 54.6 Å². The van der Waals surface area contributed by atoms with E-state index in [1.807, 2.05) is 36.4 Å². The van der Waals surface area contributed by atoms with Crippen LogP contribution in [0, 0.1) is 0 Å². The monoisotopic (exact) mass is 655 g/mol. The molecule has 48 heavy (non-hydrogen) atoms. The summed E-state index contributed by atoms with van der Waals surface area (Å²) in [5.41, 5.74) is 4.75. The van der Waals surface area contributed by atoms with E-state index in [9.17, 15) is 27.6 Å². The Kier molecular flexibility index (Phi) is 9.80. The highest BCUT2D eigenvalue weighted by molar-refractivity contribution is 6.11. The van der Waals surface area contributed by atoms with Crippen LogP contribution >= 0.6 is 0 Å². The van der Waals surface area contributed by atoms with E-state index in [0.29, 0.717) is 58.7 Å². The van der Waals surface area contributed by atoms with Gasteiger partial charge in [-0.05, 0) is 79.1 Å². The summed E-state index contributed by atoms with van der Waals surface area (Å²) >= 11 is 0. The number of nitrogens with zero attached hydrogens (tertiary/aromatic N) is 1. The topological polar surface area (TPSA) is 87.7 Å². The van der Waals surface area contributed by atoms with Gasteiger partial charge in [-0.15, -0.1) is 0 Å². The van der Waals surface area contributed by atoms with Crippen LogP contribution < -0.4 is 20.3 Å². The molecule has 1 saturated heterocycles. The summed E-state index contributed by atoms with van der Waals surface area (Å²) in [5.74, 6) is -1.34. The number of para-hydroxylation sites is 2. The molecule has 1 unspecified atom stereocenters. The number of alkyl halides is 3. The highest BCUT2D eigenvalue weighted by atomic mass is 19.4. The molecule has 2 amide bonds. The van der Waals surface area contributed by atoms with Crippen LogP contribution in [0.2, 0.25) is 0 Å². The van der Waals surface area contributed by atoms with E-state index in [1.165, 1.54) is 0 Å². The van der Waals surface area contributed by atoms with Gasteiger partial charge >= 0.3 is 6.18 Å². The van der Waals surface area contributed by atoms with Crippen LogP contribution in [0.5, 0.6) is 11.5 Å². The molecule has 1 atom stereocenters. The fourth-order valence-corrected chi connectivity index (χ4v) is 6.72. The number of nitrogens with one attached hydrogen (secondary N) is 2. The van der Waals surface area contributed by atoms with Crippen LogP contribution in [0.1, 0.15) is 65.1 Å². The van der Waals surface area contributed by atoms with Crippen molar-refractivity contribution in [3.63, 3.8) is 0 Å². The zero-order valence-electron chi connectivity index (χ0n) is 26.3. The zero-order chi connectivity index (χ0) is 33.7. The van der Waals surface area contributed by atoms with Crippen LogP contribution in [0.4, 0.5) is 24.5 Å². The minimum atomic E-state index is -4.59. The summed E-state index contributed by atoms with van der Waals surface area (Å²) in [6.45, 7) is -0.0216. The molecule has 2 aliphatic rings. The van der Waals surface area contributed by atoms with Crippen LogP contribution in [0.3, 0.4) is 0 Å². The average molecular weight is 656 g/mol. The lowest BCUT2D eigenvalue weighted by Crippen LogP contribution is -2.38. The molecule has 1 fully saturated rings. The molecule has 1 aliphatic heterocycles. The van der Waals surface area contributed by atoms with Crippen molar-refractivity contribution in [3.8, 4) is 22.6 Å². The van der Waals surface area contributed by atoms with E-state index >= 15 is 0 Å². The van der Waals surface area contributed by atoms with Crippen LogP contribution in [-0.4, -0.2) is 43.9 Å². The summed E-state index contributed by atoms with van der Waals surface area (Å²) in [7, 11) is 0. The van der Waals surface area contributed by atoms with Crippen molar-refractivity contribution in [3.05, 3.63) is 107 Å². The third-order valence-corrected chi connectivity index (χ3v) is 8.76. The highest BCUT2D eigenvalue weighted by Gasteiger charge is 2.41. The predicted octanol–water partition coefficient (Wildman–Crippen LogP) is 8.03. The number of halogens is 3. The number of anilines is 2. The van der Waals surface area contributed by atoms with E-state index in [0.717, 1.165) is 49.9 Å². The first-order valence-electron chi connectivity index (χ1n) is 16.2. The number of benzene rings is 4. The Morgan fingerprint density at radius 2 is 1.62 bits per heavy atom. The molecule has 0 saturated carbocycles. The predicted molar refractivity (Wildman–Crippen MR) is 179 cm³/mol. The van der Waals surface area contributed by atoms with E-state index in [2.05, 4.69) is 15.5 Å². The maximum Gasteiger partial charge on any atom is 0.405 e. The van der Waals surface area contributed by atoms with Crippen molar-refractivity contribution in [2.75, 3.05) is 29.9 Å². The Bertz CT molecular complexity index is 1800. The van der Waals surface area contributed by atoms with Gasteiger partial charge in [-0.25, -0.2) is 0 Å². The number of rotatable bonds is 11. The number of aldehydes is 1. The van der Waals surface area contributed by atoms with E-state index in [4.69, 9.17) is 4.74 Å². The van der Waals surface area contributed by atoms with Gasteiger partial charge in [0.2, 0.25) is 5.91 Å². The van der Waals surface area contributed by atoms with E-state index in [1.54, 1.807) is 48.5 Å². The molecule has 0 radical (unpaired) electrons. The van der Waals surface area contributed by atoms with Crippen LogP contribution in [0.15, 0.2) is 84.9 Å². The molecule has 4 aromatic rings. The number of unbranched alkanes of at least 4 members (excludes halogenated alkanes) is 1. The maximum absolute atomic E-state index is 14.1. The van der Waals surface area contributed by atoms with Gasteiger partial charge in [0.15, 0.2) is 0 Å². The number of aryl methyl sites for hydroxylation is 1. The first-order valence-corrected chi connectivity index (χ1v) is 16.2. The number of carbonyl (C=O) groups excluding carboxylic acids is 3. The van der Waals surface area contributed by atoms with Gasteiger partial charge in [-0.2, -0.15) is 13.2 Å². The SMILES string of the molecule is O=CCCCc1cc(NC(=O)c2ccccc2Oc2ccccc2)c2c(c1N1CCCCC1)C(C(=O)NCC(F)(F)F)c1ccccc1-2. The first kappa shape index (κ1) is 32.8. The second-order valence-electron chi connectivity index (χ2n) is 12.0. The molecule has 2 N–H and O–H groups in total. The molecule has 6 rings (SSSR count). The fourth-order valence-electron chi connectivity index (χ4n) is 6.72. The van der Waals surface area contributed by atoms with E-state index < -0.39 is 30.5 Å². The normalized spacial score (nSPS) is 15.3. The average Bonchev–Trinajstić information content (AvgIpc) is 3.43. The van der Waals surface area contributed by atoms with Crippen molar-refractivity contribution in [2.45, 2.75) is 50.6 Å². The van der Waals surface area contributed by atoms with Gasteiger partial charge in [0, 0.05) is 42.0 Å². The molecular formula is C38H36F3N3O4. The minimum absolute atomic E-state index is 0.281. The highest BCUT2D eigenvalue weighted by Crippen LogP contribution is 2.54. The number of carbonyl (C=O) groups is 3. The summed E-state index contributed by atoms with van der Waals surface area (Å²) in [6.07, 6.45) is 0.491. The quantitative estimate of drug-likeness (QED) is 0.126. The third kappa shape index (κ3) is 7.07. The largest absolute Gasteiger partial charge is 0.457 e. The Balaban J connectivity index is 1.50. The molecule has 1 aliphatic carbocycles. The maximum atomic E-state index is 14.1. The first-order chi connectivity index (χ1) is 23.2. The molecule has 0 aromatic heterocycles. The van der Waals surface area contributed by atoms with E-state index in [-0.39, 0.29) is 5.56 Å². The fraction of sp³-hybridized carbons (Fsp3) is 0.289. The smallest absolute Gasteiger partial charge is 0.405 e. The Labute approximate surface area is 277 Å².